The molecule has 0 aliphatic carbocycles. The van der Waals surface area contributed by atoms with Gasteiger partial charge in [-0.2, -0.15) is 0 Å². The van der Waals surface area contributed by atoms with Gasteiger partial charge in [0.1, 0.15) is 12.1 Å². The van der Waals surface area contributed by atoms with E-state index in [9.17, 15) is 19.5 Å². The molecule has 130 valence electrons. The Hall–Kier alpha value is -2.41. The molecule has 3 amide bonds. The topological polar surface area (TPSA) is 113 Å². The third-order valence-electron chi connectivity index (χ3n) is 4.17. The van der Waals surface area contributed by atoms with Crippen LogP contribution in [0.3, 0.4) is 0 Å². The fourth-order valence-electron chi connectivity index (χ4n) is 2.98. The molecule has 1 aliphatic rings. The Labute approximate surface area is 140 Å². The van der Waals surface area contributed by atoms with Crippen LogP contribution in [0.4, 0.5) is 0 Å². The van der Waals surface area contributed by atoms with E-state index in [1.165, 1.54) is 11.8 Å². The zero-order chi connectivity index (χ0) is 17.9. The quantitative estimate of drug-likeness (QED) is 0.673. The number of hydrogen-bond acceptors (Lipinski definition) is 4. The fourth-order valence-corrected chi connectivity index (χ4v) is 2.98. The summed E-state index contributed by atoms with van der Waals surface area (Å²) in [5.41, 5.74) is 7.34. The van der Waals surface area contributed by atoms with E-state index in [4.69, 9.17) is 5.73 Å². The lowest BCUT2D eigenvalue weighted by atomic mass is 10.0. The first-order valence-electron chi connectivity index (χ1n) is 7.88. The molecule has 1 fully saturated rings. The summed E-state index contributed by atoms with van der Waals surface area (Å²) in [6.45, 7) is 3.40. The summed E-state index contributed by atoms with van der Waals surface area (Å²) in [5, 5.41) is 12.3. The molecule has 0 bridgehead atoms. The van der Waals surface area contributed by atoms with Gasteiger partial charge in [-0.1, -0.05) is 29.8 Å². The molecule has 24 heavy (non-hydrogen) atoms. The average Bonchev–Trinajstić information content (AvgIpc) is 2.89. The van der Waals surface area contributed by atoms with Crippen LogP contribution in [0.5, 0.6) is 0 Å². The number of aryl methyl sites for hydroxylation is 1. The molecular weight excluding hydrogens is 310 g/mol. The van der Waals surface area contributed by atoms with Crippen molar-refractivity contribution >= 4 is 17.7 Å². The maximum Gasteiger partial charge on any atom is 0.243 e. The Kier molecular flexibility index (Phi) is 5.56. The normalized spacial score (nSPS) is 21.4. The van der Waals surface area contributed by atoms with Crippen LogP contribution < -0.4 is 11.1 Å². The molecule has 0 unspecified atom stereocenters. The molecule has 7 heteroatoms. The second kappa shape index (κ2) is 7.44. The lowest BCUT2D eigenvalue weighted by Crippen LogP contribution is -2.52. The van der Waals surface area contributed by atoms with E-state index >= 15 is 0 Å². The van der Waals surface area contributed by atoms with Crippen molar-refractivity contribution in [1.29, 1.82) is 0 Å². The molecule has 0 radical (unpaired) electrons. The van der Waals surface area contributed by atoms with E-state index in [0.717, 1.165) is 11.1 Å². The van der Waals surface area contributed by atoms with E-state index in [2.05, 4.69) is 5.32 Å². The van der Waals surface area contributed by atoms with E-state index in [1.54, 1.807) is 0 Å². The van der Waals surface area contributed by atoms with Crippen molar-refractivity contribution in [3.63, 3.8) is 0 Å². The molecular formula is C17H23N3O4. The number of nitrogens with one attached hydrogen (secondary N) is 1. The van der Waals surface area contributed by atoms with E-state index in [1.807, 2.05) is 31.2 Å². The molecule has 7 nitrogen and oxygen atoms in total. The summed E-state index contributed by atoms with van der Waals surface area (Å²) in [6.07, 6.45) is -0.312. The number of aliphatic hydroxyl groups excluding tert-OH is 1. The van der Waals surface area contributed by atoms with Crippen LogP contribution in [-0.2, 0) is 20.8 Å². The van der Waals surface area contributed by atoms with Crippen LogP contribution in [0.25, 0.3) is 0 Å². The van der Waals surface area contributed by atoms with Crippen LogP contribution in [0.15, 0.2) is 24.3 Å². The monoisotopic (exact) mass is 333 g/mol. The standard InChI is InChI=1S/C17H23N3O4/c1-10-4-3-5-12(6-10)7-14(16(18)23)19-17(24)15-8-13(22)9-20(15)11(2)21/h3-6,13-15,22H,7-9H2,1-2H3,(H2,18,23)(H,19,24)/t13-,14+,15+/m1/s1. The van der Waals surface area contributed by atoms with Crippen molar-refractivity contribution < 1.29 is 19.5 Å². The maximum atomic E-state index is 12.5. The second-order valence-electron chi connectivity index (χ2n) is 6.23. The van der Waals surface area contributed by atoms with Crippen molar-refractivity contribution in [3.8, 4) is 0 Å². The van der Waals surface area contributed by atoms with Crippen LogP contribution in [-0.4, -0.2) is 52.5 Å². The van der Waals surface area contributed by atoms with Crippen LogP contribution in [0.2, 0.25) is 0 Å². The molecule has 1 aliphatic heterocycles. The molecule has 1 aromatic rings. The van der Waals surface area contributed by atoms with Gasteiger partial charge < -0.3 is 21.1 Å². The van der Waals surface area contributed by atoms with Crippen molar-refractivity contribution in [2.24, 2.45) is 5.73 Å². The number of carbonyl (C=O) groups is 3. The Morgan fingerprint density at radius 1 is 1.42 bits per heavy atom. The molecule has 2 rings (SSSR count). The zero-order valence-electron chi connectivity index (χ0n) is 13.9. The predicted molar refractivity (Wildman–Crippen MR) is 87.8 cm³/mol. The highest BCUT2D eigenvalue weighted by atomic mass is 16.3. The number of amides is 3. The van der Waals surface area contributed by atoms with Gasteiger partial charge in [0.25, 0.3) is 0 Å². The summed E-state index contributed by atoms with van der Waals surface area (Å²) < 4.78 is 0. The van der Waals surface area contributed by atoms with Crippen LogP contribution in [0, 0.1) is 6.92 Å². The zero-order valence-corrected chi connectivity index (χ0v) is 13.9. The smallest absolute Gasteiger partial charge is 0.243 e. The second-order valence-corrected chi connectivity index (χ2v) is 6.23. The minimum absolute atomic E-state index is 0.118. The molecule has 0 spiro atoms. The first-order valence-corrected chi connectivity index (χ1v) is 7.88. The Morgan fingerprint density at radius 2 is 2.12 bits per heavy atom. The van der Waals surface area contributed by atoms with Gasteiger partial charge in [-0.3, -0.25) is 14.4 Å². The number of nitrogens with two attached hydrogens (primary N) is 1. The number of benzene rings is 1. The number of primary amides is 1. The third-order valence-corrected chi connectivity index (χ3v) is 4.17. The Balaban J connectivity index is 2.08. The van der Waals surface area contributed by atoms with Gasteiger partial charge in [-0.05, 0) is 12.5 Å². The number of aliphatic hydroxyl groups is 1. The summed E-state index contributed by atoms with van der Waals surface area (Å²) in [4.78, 5) is 37.1. The van der Waals surface area contributed by atoms with Crippen molar-refractivity contribution in [1.82, 2.24) is 10.2 Å². The average molecular weight is 333 g/mol. The fraction of sp³-hybridized carbons (Fsp3) is 0.471. The van der Waals surface area contributed by atoms with Gasteiger partial charge in [0.15, 0.2) is 0 Å². The molecule has 1 aromatic carbocycles. The molecule has 3 atom stereocenters. The van der Waals surface area contributed by atoms with E-state index in [0.29, 0.717) is 0 Å². The predicted octanol–water partition coefficient (Wildman–Crippen LogP) is -0.511. The Bertz CT molecular complexity index is 646. The lowest BCUT2D eigenvalue weighted by molar-refractivity contribution is -0.138. The molecule has 0 saturated carbocycles. The van der Waals surface area contributed by atoms with E-state index < -0.39 is 30.0 Å². The van der Waals surface area contributed by atoms with Gasteiger partial charge in [0.05, 0.1) is 6.10 Å². The highest BCUT2D eigenvalue weighted by Crippen LogP contribution is 2.18. The van der Waals surface area contributed by atoms with Gasteiger partial charge >= 0.3 is 0 Å². The summed E-state index contributed by atoms with van der Waals surface area (Å²) in [7, 11) is 0. The minimum atomic E-state index is -0.870. The molecule has 4 N–H and O–H groups in total. The van der Waals surface area contributed by atoms with Crippen molar-refractivity contribution in [2.45, 2.75) is 44.9 Å². The first-order chi connectivity index (χ1) is 11.3. The molecule has 0 aromatic heterocycles. The molecule has 1 saturated heterocycles. The van der Waals surface area contributed by atoms with Crippen LogP contribution >= 0.6 is 0 Å². The minimum Gasteiger partial charge on any atom is -0.391 e. The summed E-state index contributed by atoms with van der Waals surface area (Å²) in [5.74, 6) is -1.41. The van der Waals surface area contributed by atoms with Gasteiger partial charge in [0.2, 0.25) is 17.7 Å². The van der Waals surface area contributed by atoms with Crippen molar-refractivity contribution in [3.05, 3.63) is 35.4 Å². The number of β-amino-alcohol motifs (C(OH)–C–C–N with tert-alkyl or cyclic N) is 1. The number of hydrogen-bond donors (Lipinski definition) is 3. The number of nitrogens with zero attached hydrogens (tertiary/aromatic N) is 1. The summed E-state index contributed by atoms with van der Waals surface area (Å²) >= 11 is 0. The van der Waals surface area contributed by atoms with E-state index in [-0.39, 0.29) is 25.3 Å². The van der Waals surface area contributed by atoms with Crippen LogP contribution in [0.1, 0.15) is 24.5 Å². The van der Waals surface area contributed by atoms with Crippen molar-refractivity contribution in [2.75, 3.05) is 6.54 Å². The first kappa shape index (κ1) is 17.9. The highest BCUT2D eigenvalue weighted by Gasteiger charge is 2.38. The lowest BCUT2D eigenvalue weighted by Gasteiger charge is -2.24. The maximum absolute atomic E-state index is 12.5. The van der Waals surface area contributed by atoms with Gasteiger partial charge in [-0.15, -0.1) is 0 Å². The number of likely N-dealkylation sites (tertiary alicyclic amines) is 1. The Morgan fingerprint density at radius 3 is 2.71 bits per heavy atom. The van der Waals surface area contributed by atoms with Gasteiger partial charge in [0, 0.05) is 26.3 Å². The van der Waals surface area contributed by atoms with Gasteiger partial charge in [-0.25, -0.2) is 0 Å². The molecule has 1 heterocycles. The summed E-state index contributed by atoms with van der Waals surface area (Å²) in [6, 6.07) is 5.93. The number of rotatable bonds is 5. The largest absolute Gasteiger partial charge is 0.391 e. The highest BCUT2D eigenvalue weighted by molar-refractivity contribution is 5.91. The third kappa shape index (κ3) is 4.32. The SMILES string of the molecule is CC(=O)N1C[C@H](O)C[C@H]1C(=O)N[C@@H](Cc1cccc(C)c1)C(N)=O. The number of carbonyl (C=O) groups excluding carboxylic acids is 3.